The molecule has 2 aromatic rings. The van der Waals surface area contributed by atoms with E-state index >= 15 is 0 Å². The Kier molecular flexibility index (Phi) is 6.29. The molecule has 0 aliphatic carbocycles. The van der Waals surface area contributed by atoms with Crippen LogP contribution in [0.25, 0.3) is 0 Å². The van der Waals surface area contributed by atoms with Crippen molar-refractivity contribution in [2.75, 3.05) is 0 Å². The van der Waals surface area contributed by atoms with Crippen LogP contribution in [0.15, 0.2) is 17.2 Å². The summed E-state index contributed by atoms with van der Waals surface area (Å²) in [6, 6.07) is 0. The van der Waals surface area contributed by atoms with Gasteiger partial charge in [-0.05, 0) is 45.2 Å². The summed E-state index contributed by atoms with van der Waals surface area (Å²) in [5.74, 6) is -5.18. The van der Waals surface area contributed by atoms with E-state index < -0.39 is 34.8 Å². The summed E-state index contributed by atoms with van der Waals surface area (Å²) in [7, 11) is 0. The molecule has 0 saturated carbocycles. The van der Waals surface area contributed by atoms with Crippen LogP contribution in [0.1, 0.15) is 0 Å². The predicted molar refractivity (Wildman–Crippen MR) is 76.5 cm³/mol. The Balaban J connectivity index is 0.000000200. The molecular formula is C10H3F5I2N2O. The van der Waals surface area contributed by atoms with E-state index in [2.05, 4.69) is 4.98 Å². The molecule has 0 saturated heterocycles. The van der Waals surface area contributed by atoms with Crippen molar-refractivity contribution in [1.29, 1.82) is 0 Å². The average molecular weight is 516 g/mol. The van der Waals surface area contributed by atoms with Gasteiger partial charge in [0.1, 0.15) is 0 Å². The van der Waals surface area contributed by atoms with Gasteiger partial charge in [0.25, 0.3) is 5.56 Å². The zero-order chi connectivity index (χ0) is 15.4. The number of H-pyrrole nitrogens is 1. The van der Waals surface area contributed by atoms with Gasteiger partial charge in [-0.25, -0.2) is 18.2 Å². The molecule has 20 heavy (non-hydrogen) atoms. The van der Waals surface area contributed by atoms with E-state index in [0.717, 1.165) is 6.20 Å². The predicted octanol–water partition coefficient (Wildman–Crippen LogP) is 3.36. The molecule has 108 valence electrons. The highest BCUT2D eigenvalue weighted by molar-refractivity contribution is 14.1. The maximum absolute atomic E-state index is 12.4. The second kappa shape index (κ2) is 7.28. The minimum atomic E-state index is -1.27. The van der Waals surface area contributed by atoms with Crippen LogP contribution in [-0.4, -0.2) is 9.97 Å². The van der Waals surface area contributed by atoms with Crippen LogP contribution < -0.4 is 5.56 Å². The largest absolute Gasteiger partial charge is 0.324 e. The van der Waals surface area contributed by atoms with Gasteiger partial charge < -0.3 is 4.98 Å². The number of halogens is 7. The molecule has 0 aliphatic rings. The standard InChI is InChI=1S/C5HF3IN.C5H2F2INO/c6-2-1-10-5(8)3(7)4(2)9;6-2-1-9-5(10)3(7)4(2)8/h1H;1H,(H,9,10). The van der Waals surface area contributed by atoms with E-state index in [9.17, 15) is 26.7 Å². The van der Waals surface area contributed by atoms with Crippen molar-refractivity contribution >= 4 is 45.2 Å². The molecule has 0 radical (unpaired) electrons. The molecule has 2 aromatic heterocycles. The van der Waals surface area contributed by atoms with E-state index in [4.69, 9.17) is 0 Å². The van der Waals surface area contributed by atoms with Crippen molar-refractivity contribution in [2.45, 2.75) is 0 Å². The normalized spacial score (nSPS) is 9.95. The topological polar surface area (TPSA) is 45.8 Å². The Morgan fingerprint density at radius 1 is 0.950 bits per heavy atom. The number of nitrogens with zero attached hydrogens (tertiary/aromatic N) is 1. The summed E-state index contributed by atoms with van der Waals surface area (Å²) in [6.45, 7) is 0. The van der Waals surface area contributed by atoms with Gasteiger partial charge in [-0.3, -0.25) is 4.79 Å². The van der Waals surface area contributed by atoms with Crippen molar-refractivity contribution in [3.05, 3.63) is 59.1 Å². The fraction of sp³-hybridized carbons (Fsp3) is 0. The first-order valence-corrected chi connectivity index (χ1v) is 6.78. The fourth-order valence-corrected chi connectivity index (χ4v) is 1.64. The lowest BCUT2D eigenvalue weighted by Crippen LogP contribution is -2.12. The molecule has 0 spiro atoms. The van der Waals surface area contributed by atoms with Gasteiger partial charge in [-0.1, -0.05) is 0 Å². The monoisotopic (exact) mass is 516 g/mol. The number of nitrogens with one attached hydrogen (secondary N) is 1. The van der Waals surface area contributed by atoms with E-state index in [-0.39, 0.29) is 7.14 Å². The van der Waals surface area contributed by atoms with Crippen LogP contribution >= 0.6 is 45.2 Å². The van der Waals surface area contributed by atoms with Crippen molar-refractivity contribution in [3.8, 4) is 0 Å². The second-order valence-corrected chi connectivity index (χ2v) is 5.28. The molecule has 0 aliphatic heterocycles. The summed E-state index contributed by atoms with van der Waals surface area (Å²) < 4.78 is 60.8. The number of aromatic nitrogens is 2. The van der Waals surface area contributed by atoms with Crippen molar-refractivity contribution in [3.63, 3.8) is 0 Å². The Labute approximate surface area is 135 Å². The lowest BCUT2D eigenvalue weighted by Gasteiger charge is -1.94. The Morgan fingerprint density at radius 3 is 2.00 bits per heavy atom. The molecule has 0 unspecified atom stereocenters. The quantitative estimate of drug-likeness (QED) is 0.332. The average Bonchev–Trinajstić information content (AvgIpc) is 2.43. The smallest absolute Gasteiger partial charge is 0.285 e. The highest BCUT2D eigenvalue weighted by Crippen LogP contribution is 2.14. The van der Waals surface area contributed by atoms with Gasteiger partial charge in [-0.15, -0.1) is 0 Å². The highest BCUT2D eigenvalue weighted by Gasteiger charge is 2.11. The van der Waals surface area contributed by atoms with Gasteiger partial charge in [0.2, 0.25) is 11.8 Å². The first-order valence-electron chi connectivity index (χ1n) is 4.62. The summed E-state index contributed by atoms with van der Waals surface area (Å²) in [5.41, 5.74) is -0.897. The number of pyridine rings is 2. The Hall–Kier alpha value is -0.790. The number of aromatic amines is 1. The maximum atomic E-state index is 12.4. The van der Waals surface area contributed by atoms with Crippen LogP contribution in [0, 0.1) is 36.4 Å². The minimum absolute atomic E-state index is 0.277. The molecule has 2 heterocycles. The second-order valence-electron chi connectivity index (χ2n) is 3.12. The van der Waals surface area contributed by atoms with Crippen LogP contribution in [0.3, 0.4) is 0 Å². The van der Waals surface area contributed by atoms with Crippen molar-refractivity contribution in [2.24, 2.45) is 0 Å². The zero-order valence-corrected chi connectivity index (χ0v) is 13.5. The molecule has 0 amide bonds. The Morgan fingerprint density at radius 2 is 1.50 bits per heavy atom. The third-order valence-electron chi connectivity index (χ3n) is 1.81. The summed E-state index contributed by atoms with van der Waals surface area (Å²) in [6.07, 6.45) is 1.47. The molecule has 3 nitrogen and oxygen atoms in total. The molecule has 10 heteroatoms. The lowest BCUT2D eigenvalue weighted by atomic mass is 10.4. The van der Waals surface area contributed by atoms with Crippen LogP contribution in [0.4, 0.5) is 22.0 Å². The third kappa shape index (κ3) is 4.10. The number of hydrogen-bond acceptors (Lipinski definition) is 2. The molecule has 0 atom stereocenters. The molecule has 2 rings (SSSR count). The first-order chi connectivity index (χ1) is 9.25. The highest BCUT2D eigenvalue weighted by atomic mass is 127. The van der Waals surface area contributed by atoms with E-state index in [1.807, 2.05) is 4.98 Å². The SMILES string of the molecule is Fc1cnc(F)c(F)c1I.O=c1[nH]cc(F)c(I)c1F. The van der Waals surface area contributed by atoms with E-state index in [0.29, 0.717) is 6.20 Å². The fourth-order valence-electron chi connectivity index (χ4n) is 0.882. The Bertz CT molecular complexity index is 665. The van der Waals surface area contributed by atoms with Crippen LogP contribution in [0.2, 0.25) is 0 Å². The van der Waals surface area contributed by atoms with E-state index in [1.54, 1.807) is 0 Å². The van der Waals surface area contributed by atoms with Crippen molar-refractivity contribution < 1.29 is 22.0 Å². The number of hydrogen-bond donors (Lipinski definition) is 1. The van der Waals surface area contributed by atoms with Crippen LogP contribution in [0.5, 0.6) is 0 Å². The van der Waals surface area contributed by atoms with Gasteiger partial charge in [0, 0.05) is 6.20 Å². The maximum Gasteiger partial charge on any atom is 0.285 e. The van der Waals surface area contributed by atoms with Gasteiger partial charge in [0.15, 0.2) is 17.5 Å². The zero-order valence-electron chi connectivity index (χ0n) is 9.16. The summed E-state index contributed by atoms with van der Waals surface area (Å²) >= 11 is 2.79. The molecule has 0 aromatic carbocycles. The number of rotatable bonds is 0. The molecule has 0 bridgehead atoms. The third-order valence-corrected chi connectivity index (χ3v) is 3.78. The summed E-state index contributed by atoms with van der Waals surface area (Å²) in [5, 5.41) is 0. The molecular weight excluding hydrogens is 513 g/mol. The first kappa shape index (κ1) is 17.3. The minimum Gasteiger partial charge on any atom is -0.324 e. The van der Waals surface area contributed by atoms with Gasteiger partial charge >= 0.3 is 0 Å². The molecule has 0 fully saturated rings. The summed E-state index contributed by atoms with van der Waals surface area (Å²) in [4.78, 5) is 15.1. The lowest BCUT2D eigenvalue weighted by molar-refractivity contribution is 0.457. The van der Waals surface area contributed by atoms with Gasteiger partial charge in [-0.2, -0.15) is 8.78 Å². The van der Waals surface area contributed by atoms with Crippen LogP contribution in [-0.2, 0) is 0 Å². The van der Waals surface area contributed by atoms with Gasteiger partial charge in [0.05, 0.1) is 13.3 Å². The van der Waals surface area contributed by atoms with E-state index in [1.165, 1.54) is 45.2 Å². The molecule has 1 N–H and O–H groups in total. The van der Waals surface area contributed by atoms with Crippen molar-refractivity contribution in [1.82, 2.24) is 9.97 Å².